The fraction of sp³-hybridized carbons (Fsp3) is 1.00. The van der Waals surface area contributed by atoms with Gasteiger partial charge in [-0.3, -0.25) is 0 Å². The van der Waals surface area contributed by atoms with Gasteiger partial charge >= 0.3 is 0 Å². The van der Waals surface area contributed by atoms with Crippen LogP contribution in [0.15, 0.2) is 0 Å². The Bertz CT molecular complexity index is 239. The van der Waals surface area contributed by atoms with Crippen molar-refractivity contribution in [3.8, 4) is 0 Å². The molecule has 0 aromatic carbocycles. The molecule has 12 heavy (non-hydrogen) atoms. The Kier molecular flexibility index (Phi) is 1.60. The maximum Gasteiger partial charge on any atom is 0.0272 e. The molecule has 0 bridgehead atoms. The van der Waals surface area contributed by atoms with Crippen molar-refractivity contribution in [3.63, 3.8) is 0 Å². The zero-order valence-corrected chi connectivity index (χ0v) is 8.22. The molecule has 5 unspecified atom stereocenters. The Morgan fingerprint density at radius 2 is 1.83 bits per heavy atom. The third kappa shape index (κ3) is 1.67. The first-order chi connectivity index (χ1) is 6.92. The summed E-state index contributed by atoms with van der Waals surface area (Å²) in [5.41, 5.74) is 0. The molecule has 0 nitrogen and oxygen atoms in total. The van der Waals surface area contributed by atoms with Gasteiger partial charge in [-0.15, -0.1) is 0 Å². The van der Waals surface area contributed by atoms with Gasteiger partial charge in [-0.05, 0) is 49.3 Å². The summed E-state index contributed by atoms with van der Waals surface area (Å²) < 4.78 is 24.2. The van der Waals surface area contributed by atoms with E-state index in [1.807, 2.05) is 6.92 Å². The quantitative estimate of drug-likeness (QED) is 0.516. The van der Waals surface area contributed by atoms with Crippen molar-refractivity contribution in [2.24, 2.45) is 23.7 Å². The third-order valence-electron chi connectivity index (χ3n) is 3.54. The number of fused-ring (bicyclic) bond motifs is 1. The molecule has 2 saturated carbocycles. The smallest absolute Gasteiger partial charge is 0.0272 e. The molecule has 2 fully saturated rings. The van der Waals surface area contributed by atoms with E-state index in [0.29, 0.717) is 18.3 Å². The zero-order chi connectivity index (χ0) is 11.2. The highest BCUT2D eigenvalue weighted by atomic mass is 14.4. The summed E-state index contributed by atoms with van der Waals surface area (Å²) in [4.78, 5) is 0. The molecule has 0 saturated heterocycles. The highest BCUT2D eigenvalue weighted by Gasteiger charge is 2.32. The molecule has 0 aliphatic heterocycles. The topological polar surface area (TPSA) is 0 Å². The second kappa shape index (κ2) is 3.40. The molecule has 0 heteroatoms. The predicted molar refractivity (Wildman–Crippen MR) is 53.0 cm³/mol. The van der Waals surface area contributed by atoms with E-state index in [1.165, 1.54) is 6.42 Å². The molecule has 0 radical (unpaired) electrons. The van der Waals surface area contributed by atoms with Gasteiger partial charge in [0.2, 0.25) is 0 Å². The molecular formula is C12H22. The van der Waals surface area contributed by atoms with Crippen LogP contribution in [0.25, 0.3) is 0 Å². The number of rotatable bonds is 0. The molecular weight excluding hydrogens is 144 g/mol. The second-order valence-electron chi connectivity index (χ2n) is 4.73. The summed E-state index contributed by atoms with van der Waals surface area (Å²) >= 11 is 0. The van der Waals surface area contributed by atoms with Gasteiger partial charge in [0.05, 0.1) is 0 Å². The van der Waals surface area contributed by atoms with Crippen molar-refractivity contribution in [1.82, 2.24) is 0 Å². The van der Waals surface area contributed by atoms with E-state index in [2.05, 4.69) is 6.92 Å². The second-order valence-corrected chi connectivity index (χ2v) is 4.73. The first-order valence-corrected chi connectivity index (χ1v) is 5.34. The Balaban J connectivity index is 2.15. The maximum absolute atomic E-state index is 8.18. The van der Waals surface area contributed by atoms with Gasteiger partial charge < -0.3 is 0 Å². The summed E-state index contributed by atoms with van der Waals surface area (Å²) in [5.74, 6) is 1.59. The summed E-state index contributed by atoms with van der Waals surface area (Å²) in [5, 5.41) is 0. The molecule has 5 atom stereocenters. The molecule has 0 aromatic heterocycles. The fourth-order valence-electron chi connectivity index (χ4n) is 2.79. The highest BCUT2D eigenvalue weighted by Crippen LogP contribution is 2.44. The maximum atomic E-state index is 8.18. The first kappa shape index (κ1) is 5.67. The first-order valence-electron chi connectivity index (χ1n) is 6.92. The molecule has 0 aromatic rings. The fourth-order valence-corrected chi connectivity index (χ4v) is 2.79. The van der Waals surface area contributed by atoms with Crippen LogP contribution in [0.3, 0.4) is 0 Å². The van der Waals surface area contributed by atoms with E-state index in [4.69, 9.17) is 4.11 Å². The van der Waals surface area contributed by atoms with Crippen LogP contribution in [0.5, 0.6) is 0 Å². The monoisotopic (exact) mass is 169 g/mol. The van der Waals surface area contributed by atoms with E-state index in [0.717, 1.165) is 18.8 Å². The SMILES string of the molecule is [2H]C1C2CCC(C)CC2CC([2H])([2H])C1C. The molecule has 0 spiro atoms. The minimum absolute atomic E-state index is 0.0906. The molecule has 2 rings (SSSR count). The van der Waals surface area contributed by atoms with Crippen LogP contribution in [-0.2, 0) is 0 Å². The Hall–Kier alpha value is 0. The minimum atomic E-state index is -1.11. The molecule has 0 amide bonds. The molecule has 70 valence electrons. The lowest BCUT2D eigenvalue weighted by Gasteiger charge is -2.40. The lowest BCUT2D eigenvalue weighted by Crippen LogP contribution is -2.29. The van der Waals surface area contributed by atoms with Gasteiger partial charge in [-0.1, -0.05) is 26.6 Å². The van der Waals surface area contributed by atoms with Crippen molar-refractivity contribution in [2.45, 2.75) is 52.3 Å². The lowest BCUT2D eigenvalue weighted by molar-refractivity contribution is 0.109. The minimum Gasteiger partial charge on any atom is -0.0625 e. The van der Waals surface area contributed by atoms with Crippen LogP contribution in [0.4, 0.5) is 0 Å². The summed E-state index contributed by atoms with van der Waals surface area (Å²) in [7, 11) is 0. The normalized spacial score (nSPS) is 62.5. The van der Waals surface area contributed by atoms with Gasteiger partial charge in [-0.25, -0.2) is 0 Å². The van der Waals surface area contributed by atoms with Crippen molar-refractivity contribution in [3.05, 3.63) is 0 Å². The van der Waals surface area contributed by atoms with Gasteiger partial charge in [0.1, 0.15) is 0 Å². The summed E-state index contributed by atoms with van der Waals surface area (Å²) in [6, 6.07) is 0. The Labute approximate surface area is 81.0 Å². The van der Waals surface area contributed by atoms with E-state index < -0.39 is 6.37 Å². The van der Waals surface area contributed by atoms with Gasteiger partial charge in [-0.2, -0.15) is 0 Å². The van der Waals surface area contributed by atoms with Crippen LogP contribution in [0, 0.1) is 23.7 Å². The average Bonchev–Trinajstić information content (AvgIpc) is 2.13. The van der Waals surface area contributed by atoms with Gasteiger partial charge in [0.15, 0.2) is 0 Å². The Morgan fingerprint density at radius 3 is 2.67 bits per heavy atom. The molecule has 0 N–H and O–H groups in total. The van der Waals surface area contributed by atoms with Crippen molar-refractivity contribution in [2.75, 3.05) is 0 Å². The van der Waals surface area contributed by atoms with E-state index >= 15 is 0 Å². The average molecular weight is 169 g/mol. The van der Waals surface area contributed by atoms with Crippen LogP contribution >= 0.6 is 0 Å². The van der Waals surface area contributed by atoms with Gasteiger partial charge in [0, 0.05) is 4.11 Å². The number of hydrogen-bond acceptors (Lipinski definition) is 0. The standard InChI is InChI=1S/C12H22/c1-9-3-5-12-8-10(2)4-6-11(12)7-9/h9-12H,3-8H2,1-2H3/i3D2,7D. The summed E-state index contributed by atoms with van der Waals surface area (Å²) in [6.45, 7) is 4.19. The predicted octanol–water partition coefficient (Wildman–Crippen LogP) is 3.86. The van der Waals surface area contributed by atoms with Crippen molar-refractivity contribution in [1.29, 1.82) is 0 Å². The van der Waals surface area contributed by atoms with Gasteiger partial charge in [0.25, 0.3) is 0 Å². The summed E-state index contributed by atoms with van der Waals surface area (Å²) in [6.07, 6.45) is 2.95. The number of hydrogen-bond donors (Lipinski definition) is 0. The largest absolute Gasteiger partial charge is 0.0625 e. The van der Waals surface area contributed by atoms with Crippen LogP contribution in [0.1, 0.15) is 56.4 Å². The molecule has 2 aliphatic carbocycles. The van der Waals surface area contributed by atoms with Crippen LogP contribution in [0.2, 0.25) is 0 Å². The Morgan fingerprint density at radius 1 is 1.00 bits per heavy atom. The van der Waals surface area contributed by atoms with Crippen LogP contribution in [-0.4, -0.2) is 0 Å². The van der Waals surface area contributed by atoms with Crippen LogP contribution < -0.4 is 0 Å². The van der Waals surface area contributed by atoms with Crippen molar-refractivity contribution < 1.29 is 4.11 Å². The molecule has 2 aliphatic rings. The van der Waals surface area contributed by atoms with E-state index in [-0.39, 0.29) is 12.3 Å². The van der Waals surface area contributed by atoms with E-state index in [1.54, 1.807) is 0 Å². The zero-order valence-electron chi connectivity index (χ0n) is 11.2. The highest BCUT2D eigenvalue weighted by molar-refractivity contribution is 4.83. The third-order valence-corrected chi connectivity index (χ3v) is 3.54. The van der Waals surface area contributed by atoms with Crippen molar-refractivity contribution >= 4 is 0 Å². The van der Waals surface area contributed by atoms with E-state index in [9.17, 15) is 0 Å². The molecule has 0 heterocycles. The lowest BCUT2D eigenvalue weighted by atomic mass is 9.65.